The van der Waals surface area contributed by atoms with E-state index in [2.05, 4.69) is 0 Å². The summed E-state index contributed by atoms with van der Waals surface area (Å²) in [6.07, 6.45) is 2.52. The number of phenols is 1. The standard InChI is InChI=1S/C11H14O2/c1-2-8-5-9(7-10(12)6-8)11(13)3-4-11/h5-7,12-13H,2-4H2,1H3. The van der Waals surface area contributed by atoms with Crippen LogP contribution in [0, 0.1) is 0 Å². The van der Waals surface area contributed by atoms with Crippen LogP contribution in [0.1, 0.15) is 30.9 Å². The van der Waals surface area contributed by atoms with E-state index >= 15 is 0 Å². The zero-order chi connectivity index (χ0) is 9.47. The van der Waals surface area contributed by atoms with Crippen LogP contribution in [0.4, 0.5) is 0 Å². The van der Waals surface area contributed by atoms with Crippen LogP contribution in [0.3, 0.4) is 0 Å². The summed E-state index contributed by atoms with van der Waals surface area (Å²) in [7, 11) is 0. The first kappa shape index (κ1) is 8.57. The van der Waals surface area contributed by atoms with Crippen molar-refractivity contribution in [2.24, 2.45) is 0 Å². The Morgan fingerprint density at radius 1 is 1.31 bits per heavy atom. The van der Waals surface area contributed by atoms with E-state index < -0.39 is 5.60 Å². The summed E-state index contributed by atoms with van der Waals surface area (Å²) in [4.78, 5) is 0. The van der Waals surface area contributed by atoms with Gasteiger partial charge in [-0.15, -0.1) is 0 Å². The summed E-state index contributed by atoms with van der Waals surface area (Å²) >= 11 is 0. The highest BCUT2D eigenvalue weighted by Gasteiger charge is 2.42. The quantitative estimate of drug-likeness (QED) is 0.726. The molecule has 1 fully saturated rings. The van der Waals surface area contributed by atoms with Crippen molar-refractivity contribution in [2.75, 3.05) is 0 Å². The smallest absolute Gasteiger partial charge is 0.116 e. The summed E-state index contributed by atoms with van der Waals surface area (Å²) in [5, 5.41) is 19.2. The molecule has 0 spiro atoms. The van der Waals surface area contributed by atoms with E-state index in [1.165, 1.54) is 0 Å². The van der Waals surface area contributed by atoms with Crippen LogP contribution in [0.2, 0.25) is 0 Å². The van der Waals surface area contributed by atoms with E-state index in [4.69, 9.17) is 0 Å². The minimum atomic E-state index is -0.636. The van der Waals surface area contributed by atoms with Gasteiger partial charge in [0, 0.05) is 0 Å². The van der Waals surface area contributed by atoms with Gasteiger partial charge in [0.15, 0.2) is 0 Å². The number of aliphatic hydroxyl groups is 1. The molecule has 1 aromatic rings. The van der Waals surface area contributed by atoms with Crippen LogP contribution in [0.15, 0.2) is 18.2 Å². The van der Waals surface area contributed by atoms with Crippen LogP contribution in [-0.4, -0.2) is 10.2 Å². The van der Waals surface area contributed by atoms with Crippen LogP contribution in [-0.2, 0) is 12.0 Å². The van der Waals surface area contributed by atoms with Crippen molar-refractivity contribution in [2.45, 2.75) is 31.8 Å². The second-order valence-electron chi connectivity index (χ2n) is 3.77. The topological polar surface area (TPSA) is 40.5 Å². The molecule has 2 nitrogen and oxygen atoms in total. The monoisotopic (exact) mass is 178 g/mol. The van der Waals surface area contributed by atoms with Gasteiger partial charge in [0.05, 0.1) is 5.60 Å². The SMILES string of the molecule is CCc1cc(O)cc(C2(O)CC2)c1. The van der Waals surface area contributed by atoms with Gasteiger partial charge in [-0.2, -0.15) is 0 Å². The van der Waals surface area contributed by atoms with Gasteiger partial charge in [-0.05, 0) is 42.5 Å². The Bertz CT molecular complexity index is 327. The lowest BCUT2D eigenvalue weighted by Gasteiger charge is -2.10. The van der Waals surface area contributed by atoms with Crippen molar-refractivity contribution in [1.82, 2.24) is 0 Å². The highest BCUT2D eigenvalue weighted by molar-refractivity contribution is 5.38. The van der Waals surface area contributed by atoms with Gasteiger partial charge < -0.3 is 10.2 Å². The van der Waals surface area contributed by atoms with E-state index in [1.54, 1.807) is 12.1 Å². The van der Waals surface area contributed by atoms with Crippen LogP contribution in [0.5, 0.6) is 5.75 Å². The number of aromatic hydroxyl groups is 1. The molecule has 1 saturated carbocycles. The fraction of sp³-hybridized carbons (Fsp3) is 0.455. The lowest BCUT2D eigenvalue weighted by molar-refractivity contribution is 0.151. The maximum Gasteiger partial charge on any atom is 0.116 e. The average molecular weight is 178 g/mol. The van der Waals surface area contributed by atoms with Gasteiger partial charge in [0.25, 0.3) is 0 Å². The third-order valence-corrected chi connectivity index (χ3v) is 2.65. The molecule has 0 unspecified atom stereocenters. The molecule has 2 N–H and O–H groups in total. The Balaban J connectivity index is 2.40. The molecule has 2 rings (SSSR count). The first-order valence-corrected chi connectivity index (χ1v) is 4.70. The van der Waals surface area contributed by atoms with E-state index in [9.17, 15) is 10.2 Å². The highest BCUT2D eigenvalue weighted by atomic mass is 16.3. The maximum atomic E-state index is 9.83. The summed E-state index contributed by atoms with van der Waals surface area (Å²) in [5.41, 5.74) is 1.31. The van der Waals surface area contributed by atoms with E-state index in [-0.39, 0.29) is 5.75 Å². The molecular formula is C11H14O2. The molecule has 0 atom stereocenters. The predicted octanol–water partition coefficient (Wildman–Crippen LogP) is 1.94. The van der Waals surface area contributed by atoms with Gasteiger partial charge >= 0.3 is 0 Å². The van der Waals surface area contributed by atoms with Crippen LogP contribution in [0.25, 0.3) is 0 Å². The van der Waals surface area contributed by atoms with Crippen molar-refractivity contribution >= 4 is 0 Å². The van der Waals surface area contributed by atoms with Gasteiger partial charge in [0.1, 0.15) is 5.75 Å². The van der Waals surface area contributed by atoms with Crippen molar-refractivity contribution in [1.29, 1.82) is 0 Å². The number of hydrogen-bond donors (Lipinski definition) is 2. The van der Waals surface area contributed by atoms with Crippen LogP contribution < -0.4 is 0 Å². The second kappa shape index (κ2) is 2.74. The first-order valence-electron chi connectivity index (χ1n) is 4.70. The molecule has 13 heavy (non-hydrogen) atoms. The normalized spacial score (nSPS) is 18.6. The zero-order valence-corrected chi connectivity index (χ0v) is 7.75. The molecule has 1 aliphatic rings. The Morgan fingerprint density at radius 2 is 2.00 bits per heavy atom. The van der Waals surface area contributed by atoms with Gasteiger partial charge in [-0.3, -0.25) is 0 Å². The highest BCUT2D eigenvalue weighted by Crippen LogP contribution is 2.46. The third kappa shape index (κ3) is 1.54. The minimum Gasteiger partial charge on any atom is -0.508 e. The molecule has 0 aliphatic heterocycles. The fourth-order valence-corrected chi connectivity index (χ4v) is 1.55. The summed E-state index contributed by atoms with van der Waals surface area (Å²) in [5.74, 6) is 0.259. The lowest BCUT2D eigenvalue weighted by Crippen LogP contribution is -2.04. The molecule has 1 aromatic carbocycles. The molecule has 0 saturated heterocycles. The number of hydrogen-bond acceptors (Lipinski definition) is 2. The van der Waals surface area contributed by atoms with E-state index in [0.29, 0.717) is 0 Å². The molecule has 0 amide bonds. The molecule has 0 bridgehead atoms. The Hall–Kier alpha value is -1.02. The van der Waals surface area contributed by atoms with Gasteiger partial charge in [-0.1, -0.05) is 13.0 Å². The largest absolute Gasteiger partial charge is 0.508 e. The molecule has 2 heteroatoms. The molecule has 0 aromatic heterocycles. The molecule has 0 radical (unpaired) electrons. The second-order valence-corrected chi connectivity index (χ2v) is 3.77. The van der Waals surface area contributed by atoms with Crippen LogP contribution >= 0.6 is 0 Å². The number of aryl methyl sites for hydroxylation is 1. The third-order valence-electron chi connectivity index (χ3n) is 2.65. The molecular weight excluding hydrogens is 164 g/mol. The van der Waals surface area contributed by atoms with Crippen molar-refractivity contribution in [3.63, 3.8) is 0 Å². The minimum absolute atomic E-state index is 0.259. The fourth-order valence-electron chi connectivity index (χ4n) is 1.55. The Kier molecular flexibility index (Phi) is 1.81. The Morgan fingerprint density at radius 3 is 2.54 bits per heavy atom. The molecule has 1 aliphatic carbocycles. The van der Waals surface area contributed by atoms with E-state index in [0.717, 1.165) is 30.4 Å². The summed E-state index contributed by atoms with van der Waals surface area (Å²) in [6, 6.07) is 5.38. The molecule has 70 valence electrons. The van der Waals surface area contributed by atoms with Gasteiger partial charge in [0.2, 0.25) is 0 Å². The number of benzene rings is 1. The summed E-state index contributed by atoms with van der Waals surface area (Å²) in [6.45, 7) is 2.04. The molecule has 0 heterocycles. The number of rotatable bonds is 2. The predicted molar refractivity (Wildman–Crippen MR) is 50.6 cm³/mol. The average Bonchev–Trinajstić information content (AvgIpc) is 2.84. The van der Waals surface area contributed by atoms with Gasteiger partial charge in [-0.25, -0.2) is 0 Å². The Labute approximate surface area is 77.8 Å². The lowest BCUT2D eigenvalue weighted by atomic mass is 10.0. The van der Waals surface area contributed by atoms with Crippen molar-refractivity contribution in [3.8, 4) is 5.75 Å². The first-order chi connectivity index (χ1) is 6.14. The van der Waals surface area contributed by atoms with E-state index in [1.807, 2.05) is 13.0 Å². The summed E-state index contributed by atoms with van der Waals surface area (Å²) < 4.78 is 0. The van der Waals surface area contributed by atoms with Crippen molar-refractivity contribution < 1.29 is 10.2 Å². The number of phenolic OH excluding ortho intramolecular Hbond substituents is 1. The zero-order valence-electron chi connectivity index (χ0n) is 7.75. The van der Waals surface area contributed by atoms with Crippen molar-refractivity contribution in [3.05, 3.63) is 29.3 Å². The maximum absolute atomic E-state index is 9.83.